The Morgan fingerprint density at radius 1 is 1.45 bits per heavy atom. The van der Waals surface area contributed by atoms with Crippen molar-refractivity contribution < 1.29 is 14.7 Å². The van der Waals surface area contributed by atoms with Crippen LogP contribution in [0.3, 0.4) is 0 Å². The number of aliphatic hydroxyl groups is 1. The monoisotopic (exact) mass is 305 g/mol. The number of likely N-dealkylation sites (N-methyl/N-ethyl adjacent to an activating group) is 1. The summed E-state index contributed by atoms with van der Waals surface area (Å²) in [5, 5.41) is 16.4. The van der Waals surface area contributed by atoms with Gasteiger partial charge in [0.2, 0.25) is 11.8 Å². The predicted octanol–water partition coefficient (Wildman–Crippen LogP) is -0.475. The van der Waals surface area contributed by atoms with E-state index in [-0.39, 0.29) is 11.8 Å². The van der Waals surface area contributed by atoms with Gasteiger partial charge in [0.1, 0.15) is 6.04 Å². The molecule has 3 atom stereocenters. The van der Waals surface area contributed by atoms with Gasteiger partial charge < -0.3 is 20.6 Å². The second kappa shape index (κ2) is 7.38. The first kappa shape index (κ1) is 16.5. The molecule has 0 aliphatic carbocycles. The summed E-state index contributed by atoms with van der Waals surface area (Å²) in [5.41, 5.74) is 0.997. The maximum atomic E-state index is 12.2. The van der Waals surface area contributed by atoms with Gasteiger partial charge in [-0.15, -0.1) is 0 Å². The molecule has 0 aromatic heterocycles. The number of piperazine rings is 1. The normalized spacial score (nSPS) is 21.3. The van der Waals surface area contributed by atoms with E-state index in [1.807, 2.05) is 30.3 Å². The van der Waals surface area contributed by atoms with Gasteiger partial charge in [0, 0.05) is 27.1 Å². The van der Waals surface area contributed by atoms with E-state index in [1.54, 1.807) is 11.9 Å². The van der Waals surface area contributed by atoms with Crippen LogP contribution in [0.4, 0.5) is 0 Å². The topological polar surface area (TPSA) is 81.7 Å². The fourth-order valence-corrected chi connectivity index (χ4v) is 2.71. The standard InChI is InChI=1S/C16H23N3O3/c1-11(20)18-13(10-12-6-4-3-5-7-12)15(21)14-16(22)19(2)9-8-17-14/h3-7,13-15,17,21H,8-10H2,1-2H3,(H,18,20)/t13-,14?,15-/m0/s1. The van der Waals surface area contributed by atoms with Gasteiger partial charge in [-0.25, -0.2) is 0 Å². The van der Waals surface area contributed by atoms with Crippen molar-refractivity contribution in [3.8, 4) is 0 Å². The number of hydrogen-bond donors (Lipinski definition) is 3. The molecule has 0 spiro atoms. The van der Waals surface area contributed by atoms with Crippen LogP contribution in [0.5, 0.6) is 0 Å². The van der Waals surface area contributed by atoms with Crippen molar-refractivity contribution in [1.82, 2.24) is 15.5 Å². The lowest BCUT2D eigenvalue weighted by atomic mass is 9.94. The number of carbonyl (C=O) groups excluding carboxylic acids is 2. The number of nitrogens with zero attached hydrogens (tertiary/aromatic N) is 1. The van der Waals surface area contributed by atoms with Crippen LogP contribution < -0.4 is 10.6 Å². The number of nitrogens with one attached hydrogen (secondary N) is 2. The van der Waals surface area contributed by atoms with Crippen LogP contribution >= 0.6 is 0 Å². The van der Waals surface area contributed by atoms with E-state index in [1.165, 1.54) is 6.92 Å². The van der Waals surface area contributed by atoms with Gasteiger partial charge in [-0.2, -0.15) is 0 Å². The van der Waals surface area contributed by atoms with Crippen molar-refractivity contribution in [3.63, 3.8) is 0 Å². The highest BCUT2D eigenvalue weighted by atomic mass is 16.3. The first-order chi connectivity index (χ1) is 10.5. The molecule has 6 heteroatoms. The lowest BCUT2D eigenvalue weighted by Crippen LogP contribution is -2.63. The molecular weight excluding hydrogens is 282 g/mol. The van der Waals surface area contributed by atoms with Gasteiger partial charge in [-0.3, -0.25) is 9.59 Å². The van der Waals surface area contributed by atoms with Gasteiger partial charge in [0.15, 0.2) is 0 Å². The Labute approximate surface area is 130 Å². The van der Waals surface area contributed by atoms with Gasteiger partial charge in [0.25, 0.3) is 0 Å². The summed E-state index contributed by atoms with van der Waals surface area (Å²) in [6.07, 6.45) is -0.518. The van der Waals surface area contributed by atoms with Crippen LogP contribution in [0.1, 0.15) is 12.5 Å². The van der Waals surface area contributed by atoms with E-state index >= 15 is 0 Å². The van der Waals surface area contributed by atoms with Crippen molar-refractivity contribution in [2.45, 2.75) is 31.5 Å². The summed E-state index contributed by atoms with van der Waals surface area (Å²) < 4.78 is 0. The van der Waals surface area contributed by atoms with Crippen LogP contribution in [0, 0.1) is 0 Å². The van der Waals surface area contributed by atoms with Crippen molar-refractivity contribution in [3.05, 3.63) is 35.9 Å². The van der Waals surface area contributed by atoms with E-state index in [9.17, 15) is 14.7 Å². The number of hydrogen-bond acceptors (Lipinski definition) is 4. The molecule has 1 aliphatic rings. The highest BCUT2D eigenvalue weighted by molar-refractivity contribution is 5.83. The minimum absolute atomic E-state index is 0.151. The minimum atomic E-state index is -0.987. The number of carbonyl (C=O) groups is 2. The number of rotatable bonds is 5. The van der Waals surface area contributed by atoms with E-state index in [0.29, 0.717) is 19.5 Å². The Morgan fingerprint density at radius 2 is 2.14 bits per heavy atom. The molecule has 0 saturated carbocycles. The molecule has 1 fully saturated rings. The first-order valence-electron chi connectivity index (χ1n) is 7.46. The molecule has 1 heterocycles. The molecule has 0 radical (unpaired) electrons. The highest BCUT2D eigenvalue weighted by Crippen LogP contribution is 2.12. The molecule has 0 bridgehead atoms. The maximum Gasteiger partial charge on any atom is 0.242 e. The summed E-state index contributed by atoms with van der Waals surface area (Å²) in [7, 11) is 1.72. The second-order valence-corrected chi connectivity index (χ2v) is 5.68. The zero-order valence-electron chi connectivity index (χ0n) is 13.0. The highest BCUT2D eigenvalue weighted by Gasteiger charge is 2.36. The van der Waals surface area contributed by atoms with Gasteiger partial charge in [-0.05, 0) is 12.0 Å². The summed E-state index contributed by atoms with van der Waals surface area (Å²) in [6, 6.07) is 8.38. The molecule has 2 rings (SSSR count). The number of benzene rings is 1. The summed E-state index contributed by atoms with van der Waals surface area (Å²) in [5.74, 6) is -0.376. The van der Waals surface area contributed by atoms with Crippen LogP contribution in [0.2, 0.25) is 0 Å². The van der Waals surface area contributed by atoms with Crippen molar-refractivity contribution in [2.24, 2.45) is 0 Å². The molecule has 120 valence electrons. The average Bonchev–Trinajstić information content (AvgIpc) is 2.49. The van der Waals surface area contributed by atoms with Crippen LogP contribution in [0.15, 0.2) is 30.3 Å². The molecule has 3 N–H and O–H groups in total. The smallest absolute Gasteiger partial charge is 0.242 e. The van der Waals surface area contributed by atoms with Crippen molar-refractivity contribution >= 4 is 11.8 Å². The lowest BCUT2D eigenvalue weighted by Gasteiger charge is -2.36. The summed E-state index contributed by atoms with van der Waals surface area (Å²) in [4.78, 5) is 25.2. The molecule has 1 saturated heterocycles. The Balaban J connectivity index is 2.13. The second-order valence-electron chi connectivity index (χ2n) is 5.68. The predicted molar refractivity (Wildman–Crippen MR) is 83.2 cm³/mol. The van der Waals surface area contributed by atoms with Crippen LogP contribution in [-0.2, 0) is 16.0 Å². The summed E-state index contributed by atoms with van der Waals surface area (Å²) in [6.45, 7) is 2.65. The molecule has 1 aliphatic heterocycles. The Bertz CT molecular complexity index is 521. The number of amides is 2. The quantitative estimate of drug-likeness (QED) is 0.687. The average molecular weight is 305 g/mol. The Morgan fingerprint density at radius 3 is 2.77 bits per heavy atom. The van der Waals surface area contributed by atoms with Crippen molar-refractivity contribution in [2.75, 3.05) is 20.1 Å². The molecule has 1 unspecified atom stereocenters. The zero-order chi connectivity index (χ0) is 16.1. The first-order valence-corrected chi connectivity index (χ1v) is 7.46. The molecular formula is C16H23N3O3. The van der Waals surface area contributed by atoms with Gasteiger partial charge in [0.05, 0.1) is 12.1 Å². The molecule has 22 heavy (non-hydrogen) atoms. The SMILES string of the molecule is CC(=O)N[C@@H](Cc1ccccc1)[C@H](O)C1NCCN(C)C1=O. The van der Waals surface area contributed by atoms with Crippen molar-refractivity contribution in [1.29, 1.82) is 0 Å². The van der Waals surface area contributed by atoms with Gasteiger partial charge >= 0.3 is 0 Å². The van der Waals surface area contributed by atoms with Gasteiger partial charge in [-0.1, -0.05) is 30.3 Å². The van der Waals surface area contributed by atoms with E-state index in [2.05, 4.69) is 10.6 Å². The van der Waals surface area contributed by atoms with E-state index in [4.69, 9.17) is 0 Å². The molecule has 1 aromatic carbocycles. The Hall–Kier alpha value is -1.92. The maximum absolute atomic E-state index is 12.2. The Kier molecular flexibility index (Phi) is 5.51. The third kappa shape index (κ3) is 4.05. The largest absolute Gasteiger partial charge is 0.389 e. The molecule has 6 nitrogen and oxygen atoms in total. The molecule has 1 aromatic rings. The third-order valence-corrected chi connectivity index (χ3v) is 3.89. The minimum Gasteiger partial charge on any atom is -0.389 e. The van der Waals surface area contributed by atoms with E-state index < -0.39 is 18.2 Å². The fourth-order valence-electron chi connectivity index (χ4n) is 2.71. The van der Waals surface area contributed by atoms with Crippen LogP contribution in [-0.4, -0.2) is 60.1 Å². The zero-order valence-corrected chi connectivity index (χ0v) is 13.0. The summed E-state index contributed by atoms with van der Waals surface area (Å²) >= 11 is 0. The lowest BCUT2D eigenvalue weighted by molar-refractivity contribution is -0.138. The van der Waals surface area contributed by atoms with E-state index in [0.717, 1.165) is 5.56 Å². The third-order valence-electron chi connectivity index (χ3n) is 3.89. The van der Waals surface area contributed by atoms with Crippen LogP contribution in [0.25, 0.3) is 0 Å². The fraction of sp³-hybridized carbons (Fsp3) is 0.500. The molecule has 2 amide bonds. The number of aliphatic hydroxyl groups excluding tert-OH is 1.